The van der Waals surface area contributed by atoms with Crippen LogP contribution in [0.1, 0.15) is 18.1 Å². The molecule has 0 aromatic heterocycles. The minimum absolute atomic E-state index is 0.00903. The van der Waals surface area contributed by atoms with E-state index in [1.54, 1.807) is 7.11 Å². The smallest absolute Gasteiger partial charge is 0.216 e. The minimum Gasteiger partial charge on any atom is -0.497 e. The summed E-state index contributed by atoms with van der Waals surface area (Å²) >= 11 is 0. The molecule has 20 heavy (non-hydrogen) atoms. The fourth-order valence-electron chi connectivity index (χ4n) is 2.28. The van der Waals surface area contributed by atoms with Gasteiger partial charge in [-0.1, -0.05) is 12.1 Å². The van der Waals surface area contributed by atoms with Crippen molar-refractivity contribution in [3.05, 3.63) is 41.5 Å². The molecule has 0 spiro atoms. The summed E-state index contributed by atoms with van der Waals surface area (Å²) in [6.45, 7) is 2.09. The highest BCUT2D eigenvalue weighted by molar-refractivity contribution is 5.88. The number of carbonyl (C=O) groups excluding carboxylic acids is 1. The van der Waals surface area contributed by atoms with Crippen molar-refractivity contribution in [3.8, 4) is 5.75 Å². The molecule has 0 aliphatic heterocycles. The summed E-state index contributed by atoms with van der Waals surface area (Å²) in [5.41, 5.74) is 1.97. The van der Waals surface area contributed by atoms with Crippen molar-refractivity contribution >= 4 is 16.7 Å². The first-order chi connectivity index (χ1) is 9.63. The molecule has 0 saturated heterocycles. The number of ether oxygens (including phenoxy) is 1. The summed E-state index contributed by atoms with van der Waals surface area (Å²) in [5.74, 6) is 0.764. The van der Waals surface area contributed by atoms with Gasteiger partial charge in [-0.15, -0.1) is 0 Å². The van der Waals surface area contributed by atoms with E-state index in [0.717, 1.165) is 34.1 Å². The van der Waals surface area contributed by atoms with Crippen LogP contribution in [0.25, 0.3) is 10.8 Å². The average Bonchev–Trinajstić information content (AvgIpc) is 2.46. The Morgan fingerprint density at radius 2 is 2.10 bits per heavy atom. The molecule has 4 nitrogen and oxygen atoms in total. The topological polar surface area (TPSA) is 58.6 Å². The molecule has 0 fully saturated rings. The number of methoxy groups -OCH3 is 1. The van der Waals surface area contributed by atoms with Crippen molar-refractivity contribution in [3.63, 3.8) is 0 Å². The lowest BCUT2D eigenvalue weighted by Gasteiger charge is -2.11. The standard InChI is InChI=1S/C16H19NO3/c1-11(19)17-6-5-14-8-12(10-18)7-13-3-4-15(20-2)9-16(13)14/h3-4,7-9,18H,5-6,10H2,1-2H3,(H,17,19). The number of nitrogens with one attached hydrogen (secondary N) is 1. The Morgan fingerprint density at radius 3 is 2.75 bits per heavy atom. The minimum atomic E-state index is -0.0369. The first-order valence-corrected chi connectivity index (χ1v) is 6.59. The summed E-state index contributed by atoms with van der Waals surface area (Å²) in [6, 6.07) is 9.82. The van der Waals surface area contributed by atoms with Crippen LogP contribution in [0, 0.1) is 0 Å². The molecule has 0 atom stereocenters. The maximum Gasteiger partial charge on any atom is 0.216 e. The van der Waals surface area contributed by atoms with Gasteiger partial charge in [0, 0.05) is 13.5 Å². The summed E-state index contributed by atoms with van der Waals surface area (Å²) < 4.78 is 5.26. The molecular weight excluding hydrogens is 254 g/mol. The Bertz CT molecular complexity index is 622. The van der Waals surface area contributed by atoms with Gasteiger partial charge in [0.2, 0.25) is 5.91 Å². The van der Waals surface area contributed by atoms with E-state index >= 15 is 0 Å². The molecular formula is C16H19NO3. The van der Waals surface area contributed by atoms with Gasteiger partial charge in [-0.2, -0.15) is 0 Å². The zero-order valence-corrected chi connectivity index (χ0v) is 11.8. The van der Waals surface area contributed by atoms with E-state index in [0.29, 0.717) is 6.54 Å². The van der Waals surface area contributed by atoms with Gasteiger partial charge < -0.3 is 15.2 Å². The molecule has 106 valence electrons. The lowest BCUT2D eigenvalue weighted by Crippen LogP contribution is -2.22. The Kier molecular flexibility index (Phi) is 4.58. The Labute approximate surface area is 118 Å². The first kappa shape index (κ1) is 14.3. The number of benzene rings is 2. The van der Waals surface area contributed by atoms with Gasteiger partial charge in [0.15, 0.2) is 0 Å². The molecule has 2 rings (SSSR count). The third kappa shape index (κ3) is 3.27. The van der Waals surface area contributed by atoms with Gasteiger partial charge in [0.05, 0.1) is 13.7 Å². The quantitative estimate of drug-likeness (QED) is 0.876. The molecule has 2 aromatic carbocycles. The summed E-state index contributed by atoms with van der Waals surface area (Å²) in [4.78, 5) is 10.9. The van der Waals surface area contributed by atoms with Gasteiger partial charge >= 0.3 is 0 Å². The molecule has 0 saturated carbocycles. The van der Waals surface area contributed by atoms with Crippen LogP contribution in [0.15, 0.2) is 30.3 Å². The highest BCUT2D eigenvalue weighted by Gasteiger charge is 2.06. The first-order valence-electron chi connectivity index (χ1n) is 6.59. The molecule has 1 amide bonds. The third-order valence-corrected chi connectivity index (χ3v) is 3.26. The number of amides is 1. The fourth-order valence-corrected chi connectivity index (χ4v) is 2.28. The van der Waals surface area contributed by atoms with Crippen molar-refractivity contribution in [2.75, 3.05) is 13.7 Å². The van der Waals surface area contributed by atoms with Crippen LogP contribution in [0.4, 0.5) is 0 Å². The average molecular weight is 273 g/mol. The van der Waals surface area contributed by atoms with E-state index < -0.39 is 0 Å². The van der Waals surface area contributed by atoms with E-state index in [2.05, 4.69) is 5.32 Å². The third-order valence-electron chi connectivity index (χ3n) is 3.26. The van der Waals surface area contributed by atoms with Crippen molar-refractivity contribution < 1.29 is 14.6 Å². The predicted octanol–water partition coefficient (Wildman–Crippen LogP) is 2.02. The van der Waals surface area contributed by atoms with Crippen LogP contribution in [0.3, 0.4) is 0 Å². The van der Waals surface area contributed by atoms with Crippen LogP contribution in [0.2, 0.25) is 0 Å². The van der Waals surface area contributed by atoms with E-state index in [1.807, 2.05) is 30.3 Å². The molecule has 0 heterocycles. The van der Waals surface area contributed by atoms with Gasteiger partial charge in [0.25, 0.3) is 0 Å². The highest BCUT2D eigenvalue weighted by atomic mass is 16.5. The number of hydrogen-bond donors (Lipinski definition) is 2. The van der Waals surface area contributed by atoms with E-state index in [9.17, 15) is 9.90 Å². The number of aliphatic hydroxyl groups is 1. The number of hydrogen-bond acceptors (Lipinski definition) is 3. The second-order valence-corrected chi connectivity index (χ2v) is 4.73. The molecule has 0 unspecified atom stereocenters. The van der Waals surface area contributed by atoms with Crippen molar-refractivity contribution in [1.82, 2.24) is 5.32 Å². The van der Waals surface area contributed by atoms with Gasteiger partial charge in [-0.05, 0) is 46.5 Å². The molecule has 2 aromatic rings. The molecule has 4 heteroatoms. The molecule has 0 aliphatic carbocycles. The predicted molar refractivity (Wildman–Crippen MR) is 78.8 cm³/mol. The lowest BCUT2D eigenvalue weighted by atomic mass is 9.98. The monoisotopic (exact) mass is 273 g/mol. The Balaban J connectivity index is 2.39. The Morgan fingerprint density at radius 1 is 1.30 bits per heavy atom. The summed E-state index contributed by atoms with van der Waals surface area (Å²) in [5, 5.41) is 14.3. The number of carbonyl (C=O) groups is 1. The largest absolute Gasteiger partial charge is 0.497 e. The normalized spacial score (nSPS) is 10.6. The van der Waals surface area contributed by atoms with Crippen molar-refractivity contribution in [1.29, 1.82) is 0 Å². The van der Waals surface area contributed by atoms with E-state index in [-0.39, 0.29) is 12.5 Å². The molecule has 0 radical (unpaired) electrons. The highest BCUT2D eigenvalue weighted by Crippen LogP contribution is 2.26. The summed E-state index contributed by atoms with van der Waals surface area (Å²) in [6.07, 6.45) is 0.719. The maximum atomic E-state index is 10.9. The SMILES string of the molecule is COc1ccc2cc(CO)cc(CCNC(C)=O)c2c1. The zero-order chi connectivity index (χ0) is 14.5. The fraction of sp³-hybridized carbons (Fsp3) is 0.312. The van der Waals surface area contributed by atoms with Gasteiger partial charge in [-0.25, -0.2) is 0 Å². The molecule has 2 N–H and O–H groups in total. The van der Waals surface area contributed by atoms with Crippen LogP contribution < -0.4 is 10.1 Å². The number of aliphatic hydroxyl groups excluding tert-OH is 1. The summed E-state index contributed by atoms with van der Waals surface area (Å²) in [7, 11) is 1.64. The molecule has 0 aliphatic rings. The maximum absolute atomic E-state index is 10.9. The van der Waals surface area contributed by atoms with E-state index in [1.165, 1.54) is 6.92 Å². The van der Waals surface area contributed by atoms with Gasteiger partial charge in [-0.3, -0.25) is 4.79 Å². The van der Waals surface area contributed by atoms with E-state index in [4.69, 9.17) is 4.74 Å². The lowest BCUT2D eigenvalue weighted by molar-refractivity contribution is -0.118. The second kappa shape index (κ2) is 6.39. The Hall–Kier alpha value is -2.07. The second-order valence-electron chi connectivity index (χ2n) is 4.73. The molecule has 0 bridgehead atoms. The zero-order valence-electron chi connectivity index (χ0n) is 11.8. The van der Waals surface area contributed by atoms with Gasteiger partial charge in [0.1, 0.15) is 5.75 Å². The van der Waals surface area contributed by atoms with Crippen LogP contribution in [0.5, 0.6) is 5.75 Å². The number of fused-ring (bicyclic) bond motifs is 1. The van der Waals surface area contributed by atoms with Crippen LogP contribution >= 0.6 is 0 Å². The van der Waals surface area contributed by atoms with Crippen molar-refractivity contribution in [2.24, 2.45) is 0 Å². The number of rotatable bonds is 5. The van der Waals surface area contributed by atoms with Crippen molar-refractivity contribution in [2.45, 2.75) is 20.0 Å². The van der Waals surface area contributed by atoms with Crippen LogP contribution in [-0.2, 0) is 17.8 Å². The van der Waals surface area contributed by atoms with Crippen LogP contribution in [-0.4, -0.2) is 24.7 Å².